The van der Waals surface area contributed by atoms with E-state index in [9.17, 15) is 19.5 Å². The quantitative estimate of drug-likeness (QED) is 0.416. The molecular weight excluding hydrogens is 506 g/mol. The smallest absolute Gasteiger partial charge is 0.250 e. The highest BCUT2D eigenvalue weighted by atomic mass is 16.5. The van der Waals surface area contributed by atoms with E-state index >= 15 is 0 Å². The lowest BCUT2D eigenvalue weighted by atomic mass is 9.62. The molecule has 0 radical (unpaired) electrons. The predicted octanol–water partition coefficient (Wildman–Crippen LogP) is 4.20. The first kappa shape index (κ1) is 26.5. The first-order valence-electron chi connectivity index (χ1n) is 14.0. The molecule has 3 unspecified atom stereocenters. The molecule has 6 rings (SSSR count). The number of carbonyl (C=O) groups is 3. The molecule has 3 aliphatic heterocycles. The maximum Gasteiger partial charge on any atom is 0.250 e. The summed E-state index contributed by atoms with van der Waals surface area (Å²) in [6.45, 7) is 5.49. The summed E-state index contributed by atoms with van der Waals surface area (Å²) in [5.74, 6) is -2.70. The lowest BCUT2D eigenvalue weighted by Gasteiger charge is -2.36. The molecule has 3 N–H and O–H groups in total. The van der Waals surface area contributed by atoms with Gasteiger partial charge >= 0.3 is 0 Å². The van der Waals surface area contributed by atoms with E-state index < -0.39 is 35.1 Å². The number of aliphatic hydroxyl groups is 1. The molecule has 1 spiro atoms. The molecule has 3 saturated heterocycles. The van der Waals surface area contributed by atoms with E-state index in [1.807, 2.05) is 81.4 Å². The molecule has 208 valence electrons. The van der Waals surface area contributed by atoms with Gasteiger partial charge in [0.2, 0.25) is 17.7 Å². The van der Waals surface area contributed by atoms with Crippen molar-refractivity contribution < 1.29 is 24.2 Å². The molecule has 40 heavy (non-hydrogen) atoms. The van der Waals surface area contributed by atoms with Gasteiger partial charge in [-0.3, -0.25) is 14.4 Å². The van der Waals surface area contributed by atoms with E-state index in [4.69, 9.17) is 4.74 Å². The van der Waals surface area contributed by atoms with Crippen molar-refractivity contribution in [1.29, 1.82) is 0 Å². The van der Waals surface area contributed by atoms with Gasteiger partial charge in [-0.15, -0.1) is 0 Å². The van der Waals surface area contributed by atoms with Crippen LogP contribution in [0, 0.1) is 17.8 Å². The molecule has 7 atom stereocenters. The fraction of sp³-hybridized carbons (Fsp3) is 0.406. The predicted molar refractivity (Wildman–Crippen MR) is 152 cm³/mol. The third-order valence-corrected chi connectivity index (χ3v) is 9.42. The molecule has 3 fully saturated rings. The van der Waals surface area contributed by atoms with Crippen LogP contribution in [0.5, 0.6) is 0 Å². The van der Waals surface area contributed by atoms with Crippen LogP contribution >= 0.6 is 0 Å². The first-order chi connectivity index (χ1) is 19.2. The molecule has 8 heteroatoms. The van der Waals surface area contributed by atoms with Gasteiger partial charge in [0.25, 0.3) is 0 Å². The molecule has 0 aliphatic carbocycles. The number of hydrogen-bond donors (Lipinski definition) is 3. The van der Waals surface area contributed by atoms with Gasteiger partial charge in [0.15, 0.2) is 0 Å². The Labute approximate surface area is 233 Å². The number of nitrogens with one attached hydrogen (secondary N) is 2. The highest BCUT2D eigenvalue weighted by Crippen LogP contribution is 2.65. The summed E-state index contributed by atoms with van der Waals surface area (Å²) in [6, 6.07) is 21.1. The number of fused-ring (bicyclic) bond motifs is 2. The summed E-state index contributed by atoms with van der Waals surface area (Å²) < 4.78 is 6.77. The highest BCUT2D eigenvalue weighted by molar-refractivity contribution is 6.06. The fourth-order valence-electron chi connectivity index (χ4n) is 7.40. The summed E-state index contributed by atoms with van der Waals surface area (Å²) in [5, 5.41) is 18.3. The van der Waals surface area contributed by atoms with E-state index in [-0.39, 0.29) is 30.2 Å². The van der Waals surface area contributed by atoms with E-state index in [0.717, 1.165) is 10.8 Å². The molecule has 8 nitrogen and oxygen atoms in total. The minimum absolute atomic E-state index is 0.0757. The Morgan fingerprint density at radius 1 is 1.00 bits per heavy atom. The Morgan fingerprint density at radius 2 is 1.68 bits per heavy atom. The zero-order valence-electron chi connectivity index (χ0n) is 23.0. The topological polar surface area (TPSA) is 108 Å². The fourth-order valence-corrected chi connectivity index (χ4v) is 7.40. The van der Waals surface area contributed by atoms with Gasteiger partial charge in [0, 0.05) is 11.4 Å². The molecule has 0 saturated carbocycles. The maximum absolute atomic E-state index is 14.3. The largest absolute Gasteiger partial charge is 0.394 e. The molecule has 2 bridgehead atoms. The van der Waals surface area contributed by atoms with Crippen molar-refractivity contribution >= 4 is 39.9 Å². The number of ether oxygens (including phenoxy) is 1. The zero-order valence-corrected chi connectivity index (χ0v) is 23.0. The van der Waals surface area contributed by atoms with Crippen LogP contribution in [-0.4, -0.2) is 57.6 Å². The van der Waals surface area contributed by atoms with Gasteiger partial charge in [0.05, 0.1) is 30.1 Å². The molecule has 3 aliphatic rings. The Balaban J connectivity index is 1.40. The zero-order chi connectivity index (χ0) is 28.2. The summed E-state index contributed by atoms with van der Waals surface area (Å²) in [6.07, 6.45) is 0.918. The van der Waals surface area contributed by atoms with Crippen LogP contribution in [0.15, 0.2) is 72.8 Å². The summed E-state index contributed by atoms with van der Waals surface area (Å²) in [7, 11) is 0. The lowest BCUT2D eigenvalue weighted by Crippen LogP contribution is -2.56. The number of aliphatic hydroxyl groups excluding tert-OH is 1. The number of benzene rings is 3. The highest BCUT2D eigenvalue weighted by Gasteiger charge is 2.80. The number of carbonyl (C=O) groups excluding carboxylic acids is 3. The van der Waals surface area contributed by atoms with E-state index in [2.05, 4.69) is 10.6 Å². The summed E-state index contributed by atoms with van der Waals surface area (Å²) in [5.41, 5.74) is -0.866. The van der Waals surface area contributed by atoms with Crippen LogP contribution in [0.25, 0.3) is 10.8 Å². The molecule has 0 aromatic heterocycles. The number of likely N-dealkylation sites (tertiary alicyclic amines) is 1. The van der Waals surface area contributed by atoms with Crippen molar-refractivity contribution in [2.24, 2.45) is 17.8 Å². The average molecular weight is 542 g/mol. The van der Waals surface area contributed by atoms with Crippen LogP contribution in [0.1, 0.15) is 33.6 Å². The average Bonchev–Trinajstić information content (AvgIpc) is 3.46. The van der Waals surface area contributed by atoms with Crippen LogP contribution < -0.4 is 10.6 Å². The van der Waals surface area contributed by atoms with Gasteiger partial charge in [-0.05, 0) is 60.7 Å². The van der Waals surface area contributed by atoms with Gasteiger partial charge in [-0.25, -0.2) is 0 Å². The molecule has 3 aromatic carbocycles. The van der Waals surface area contributed by atoms with Crippen molar-refractivity contribution in [2.75, 3.05) is 17.2 Å². The normalized spacial score (nSPS) is 31.3. The SMILES string of the molecule is CC[C@@H](CO)N1C(=O)[C@@H]2[C@@H](C(=O)Nc3ccccc3)[C@]3(C)OC2(CC3C)C1C(=O)Nc1ccc2ccccc2c1. The number of amides is 3. The van der Waals surface area contributed by atoms with Crippen molar-refractivity contribution in [2.45, 2.75) is 56.9 Å². The minimum Gasteiger partial charge on any atom is -0.394 e. The number of rotatable bonds is 7. The standard InChI is InChI=1S/C32H35N3O5/c1-4-24(18-36)35-27(29(38)34-23-15-14-20-10-8-9-11-21(20)16-23)32-17-19(2)31(3,40-32)25(26(32)30(35)39)28(37)33-22-12-6-5-7-13-22/h5-16,19,24-27,36H,4,17-18H2,1-3H3,(H,33,37)(H,34,38)/t19?,24-,25-,26-,27?,31+,32?/m0/s1. The van der Waals surface area contributed by atoms with Crippen molar-refractivity contribution in [1.82, 2.24) is 4.90 Å². The van der Waals surface area contributed by atoms with E-state index in [1.165, 1.54) is 4.90 Å². The van der Waals surface area contributed by atoms with Crippen molar-refractivity contribution in [3.63, 3.8) is 0 Å². The molecule has 3 amide bonds. The third-order valence-electron chi connectivity index (χ3n) is 9.42. The van der Waals surface area contributed by atoms with Crippen LogP contribution in [0.4, 0.5) is 11.4 Å². The second kappa shape index (κ2) is 9.71. The Bertz CT molecular complexity index is 1470. The van der Waals surface area contributed by atoms with Crippen LogP contribution in [0.3, 0.4) is 0 Å². The van der Waals surface area contributed by atoms with Gasteiger partial charge in [0.1, 0.15) is 11.6 Å². The second-order valence-corrected chi connectivity index (χ2v) is 11.6. The van der Waals surface area contributed by atoms with Crippen LogP contribution in [0.2, 0.25) is 0 Å². The first-order valence-corrected chi connectivity index (χ1v) is 14.0. The van der Waals surface area contributed by atoms with Gasteiger partial charge in [-0.2, -0.15) is 0 Å². The minimum atomic E-state index is -1.19. The number of nitrogens with zero attached hydrogens (tertiary/aromatic N) is 1. The second-order valence-electron chi connectivity index (χ2n) is 11.6. The molecule has 3 aromatic rings. The Kier molecular flexibility index (Phi) is 6.43. The van der Waals surface area contributed by atoms with Gasteiger partial charge in [-0.1, -0.05) is 62.4 Å². The number of hydrogen-bond acceptors (Lipinski definition) is 5. The van der Waals surface area contributed by atoms with Crippen molar-refractivity contribution in [3.8, 4) is 0 Å². The summed E-state index contributed by atoms with van der Waals surface area (Å²) >= 11 is 0. The van der Waals surface area contributed by atoms with Crippen LogP contribution in [-0.2, 0) is 19.1 Å². The Hall–Kier alpha value is -3.75. The lowest BCUT2D eigenvalue weighted by molar-refractivity contribution is -0.148. The third kappa shape index (κ3) is 3.84. The number of anilines is 2. The van der Waals surface area contributed by atoms with Gasteiger partial charge < -0.3 is 25.4 Å². The summed E-state index contributed by atoms with van der Waals surface area (Å²) in [4.78, 5) is 43.8. The number of para-hydroxylation sites is 1. The monoisotopic (exact) mass is 541 g/mol. The van der Waals surface area contributed by atoms with E-state index in [0.29, 0.717) is 24.2 Å². The molecular formula is C32H35N3O5. The van der Waals surface area contributed by atoms with Crippen molar-refractivity contribution in [3.05, 3.63) is 72.8 Å². The Morgan fingerprint density at radius 3 is 2.38 bits per heavy atom. The molecule has 3 heterocycles. The maximum atomic E-state index is 14.3. The van der Waals surface area contributed by atoms with E-state index in [1.54, 1.807) is 12.1 Å².